The molecule has 1 aromatic rings. The summed E-state index contributed by atoms with van der Waals surface area (Å²) in [6.45, 7) is 3.69. The van der Waals surface area contributed by atoms with E-state index in [4.69, 9.17) is 9.84 Å². The van der Waals surface area contributed by atoms with Crippen molar-refractivity contribution >= 4 is 11.9 Å². The molecule has 0 saturated carbocycles. The highest BCUT2D eigenvalue weighted by atomic mass is 16.5. The van der Waals surface area contributed by atoms with E-state index < -0.39 is 5.97 Å². The van der Waals surface area contributed by atoms with E-state index in [2.05, 4.69) is 10.3 Å². The largest absolute Gasteiger partial charge is 0.477 e. The summed E-state index contributed by atoms with van der Waals surface area (Å²) in [6, 6.07) is 2.74. The summed E-state index contributed by atoms with van der Waals surface area (Å²) in [5, 5.41) is 11.4. The summed E-state index contributed by atoms with van der Waals surface area (Å²) >= 11 is 0. The fourth-order valence-corrected chi connectivity index (χ4v) is 1.28. The van der Waals surface area contributed by atoms with Crippen LogP contribution in [0.15, 0.2) is 18.3 Å². The molecule has 0 aliphatic heterocycles. The Morgan fingerprint density at radius 3 is 2.78 bits per heavy atom. The SMILES string of the molecule is CCOCCCNC(=O)c1ccc(C(=O)O)nc1. The van der Waals surface area contributed by atoms with Crippen LogP contribution in [0.25, 0.3) is 0 Å². The topological polar surface area (TPSA) is 88.5 Å². The van der Waals surface area contributed by atoms with Crippen LogP contribution in [-0.2, 0) is 4.74 Å². The van der Waals surface area contributed by atoms with Gasteiger partial charge in [0.1, 0.15) is 5.69 Å². The number of aromatic carboxylic acids is 1. The predicted octanol–water partition coefficient (Wildman–Crippen LogP) is 0.936. The second kappa shape index (κ2) is 7.39. The van der Waals surface area contributed by atoms with Crippen molar-refractivity contribution in [2.45, 2.75) is 13.3 Å². The molecule has 0 bridgehead atoms. The second-order valence-electron chi connectivity index (χ2n) is 3.54. The van der Waals surface area contributed by atoms with Gasteiger partial charge in [0, 0.05) is 26.0 Å². The predicted molar refractivity (Wildman–Crippen MR) is 64.6 cm³/mol. The van der Waals surface area contributed by atoms with Gasteiger partial charge in [0.05, 0.1) is 5.56 Å². The molecule has 1 amide bonds. The van der Waals surface area contributed by atoms with Gasteiger partial charge in [-0.15, -0.1) is 0 Å². The van der Waals surface area contributed by atoms with Gasteiger partial charge in [-0.3, -0.25) is 4.79 Å². The van der Waals surface area contributed by atoms with Crippen molar-refractivity contribution in [1.29, 1.82) is 0 Å². The van der Waals surface area contributed by atoms with Gasteiger partial charge in [-0.2, -0.15) is 0 Å². The van der Waals surface area contributed by atoms with Crippen LogP contribution in [-0.4, -0.2) is 41.7 Å². The molecular formula is C12H16N2O4. The van der Waals surface area contributed by atoms with Crippen LogP contribution in [0.5, 0.6) is 0 Å². The van der Waals surface area contributed by atoms with Crippen molar-refractivity contribution in [3.63, 3.8) is 0 Å². The molecule has 1 aromatic heterocycles. The lowest BCUT2D eigenvalue weighted by molar-refractivity contribution is 0.0689. The standard InChI is InChI=1S/C12H16N2O4/c1-2-18-7-3-6-13-11(15)9-4-5-10(12(16)17)14-8-9/h4-5,8H,2-3,6-7H2,1H3,(H,13,15)(H,16,17). The number of nitrogens with zero attached hydrogens (tertiary/aromatic N) is 1. The number of carbonyl (C=O) groups is 2. The van der Waals surface area contributed by atoms with Crippen LogP contribution in [0.2, 0.25) is 0 Å². The Balaban J connectivity index is 2.39. The van der Waals surface area contributed by atoms with Gasteiger partial charge in [0.15, 0.2) is 0 Å². The van der Waals surface area contributed by atoms with Crippen molar-refractivity contribution in [3.8, 4) is 0 Å². The van der Waals surface area contributed by atoms with E-state index in [9.17, 15) is 9.59 Å². The maximum Gasteiger partial charge on any atom is 0.354 e. The zero-order chi connectivity index (χ0) is 13.4. The normalized spacial score (nSPS) is 10.1. The molecule has 1 heterocycles. The summed E-state index contributed by atoms with van der Waals surface area (Å²) in [5.74, 6) is -1.38. The first kappa shape index (κ1) is 14.1. The quantitative estimate of drug-likeness (QED) is 0.705. The van der Waals surface area contributed by atoms with E-state index in [0.29, 0.717) is 25.3 Å². The highest BCUT2D eigenvalue weighted by molar-refractivity contribution is 5.94. The summed E-state index contributed by atoms with van der Waals surface area (Å²) in [6.07, 6.45) is 1.99. The molecule has 0 saturated heterocycles. The molecule has 6 nitrogen and oxygen atoms in total. The smallest absolute Gasteiger partial charge is 0.354 e. The van der Waals surface area contributed by atoms with Gasteiger partial charge in [-0.1, -0.05) is 0 Å². The maximum atomic E-state index is 11.6. The summed E-state index contributed by atoms with van der Waals surface area (Å²) in [4.78, 5) is 25.9. The molecule has 0 radical (unpaired) electrons. The van der Waals surface area contributed by atoms with E-state index in [1.165, 1.54) is 18.3 Å². The van der Waals surface area contributed by atoms with Gasteiger partial charge < -0.3 is 15.2 Å². The van der Waals surface area contributed by atoms with Crippen LogP contribution in [0.4, 0.5) is 0 Å². The van der Waals surface area contributed by atoms with Gasteiger partial charge in [-0.25, -0.2) is 9.78 Å². The average Bonchev–Trinajstić information content (AvgIpc) is 2.38. The molecule has 1 rings (SSSR count). The zero-order valence-electron chi connectivity index (χ0n) is 10.2. The second-order valence-corrected chi connectivity index (χ2v) is 3.54. The minimum absolute atomic E-state index is 0.0807. The van der Waals surface area contributed by atoms with Gasteiger partial charge in [0.25, 0.3) is 5.91 Å². The summed E-state index contributed by atoms with van der Waals surface area (Å²) in [5.41, 5.74) is 0.263. The highest BCUT2D eigenvalue weighted by Gasteiger charge is 2.08. The van der Waals surface area contributed by atoms with E-state index in [0.717, 1.165) is 6.42 Å². The molecule has 6 heteroatoms. The molecule has 98 valence electrons. The Morgan fingerprint density at radius 2 is 2.22 bits per heavy atom. The lowest BCUT2D eigenvalue weighted by atomic mass is 10.2. The zero-order valence-corrected chi connectivity index (χ0v) is 10.2. The molecule has 18 heavy (non-hydrogen) atoms. The number of hydrogen-bond donors (Lipinski definition) is 2. The van der Waals surface area contributed by atoms with Crippen molar-refractivity contribution < 1.29 is 19.4 Å². The summed E-state index contributed by atoms with van der Waals surface area (Å²) < 4.78 is 5.13. The Bertz CT molecular complexity index is 403. The van der Waals surface area contributed by atoms with E-state index in [-0.39, 0.29) is 11.6 Å². The number of carboxylic acids is 1. The van der Waals surface area contributed by atoms with Crippen LogP contribution >= 0.6 is 0 Å². The fourth-order valence-electron chi connectivity index (χ4n) is 1.28. The minimum atomic E-state index is -1.11. The molecule has 2 N–H and O–H groups in total. The van der Waals surface area contributed by atoms with E-state index in [1.54, 1.807) is 0 Å². The number of amides is 1. The molecule has 0 spiro atoms. The average molecular weight is 252 g/mol. The Kier molecular flexibility index (Phi) is 5.79. The first-order chi connectivity index (χ1) is 8.65. The number of carboxylic acid groups (broad SMARTS) is 1. The van der Waals surface area contributed by atoms with Gasteiger partial charge >= 0.3 is 5.97 Å². The number of nitrogens with one attached hydrogen (secondary N) is 1. The highest BCUT2D eigenvalue weighted by Crippen LogP contribution is 2.00. The molecule has 0 fully saturated rings. The lowest BCUT2D eigenvalue weighted by Crippen LogP contribution is -2.25. The molecule has 0 unspecified atom stereocenters. The lowest BCUT2D eigenvalue weighted by Gasteiger charge is -2.05. The van der Waals surface area contributed by atoms with Crippen molar-refractivity contribution in [2.24, 2.45) is 0 Å². The van der Waals surface area contributed by atoms with Crippen LogP contribution in [0.1, 0.15) is 34.2 Å². The number of aromatic nitrogens is 1. The molecular weight excluding hydrogens is 236 g/mol. The Morgan fingerprint density at radius 1 is 1.44 bits per heavy atom. The molecule has 0 aromatic carbocycles. The third kappa shape index (κ3) is 4.50. The molecule has 0 aliphatic carbocycles. The first-order valence-corrected chi connectivity index (χ1v) is 5.70. The van der Waals surface area contributed by atoms with Gasteiger partial charge in [0.2, 0.25) is 0 Å². The number of ether oxygens (including phenoxy) is 1. The van der Waals surface area contributed by atoms with Crippen molar-refractivity contribution in [3.05, 3.63) is 29.6 Å². The minimum Gasteiger partial charge on any atom is -0.477 e. The van der Waals surface area contributed by atoms with Crippen LogP contribution in [0, 0.1) is 0 Å². The van der Waals surface area contributed by atoms with Crippen LogP contribution < -0.4 is 5.32 Å². The van der Waals surface area contributed by atoms with Crippen molar-refractivity contribution in [1.82, 2.24) is 10.3 Å². The van der Waals surface area contributed by atoms with Crippen molar-refractivity contribution in [2.75, 3.05) is 19.8 Å². The van der Waals surface area contributed by atoms with E-state index in [1.807, 2.05) is 6.92 Å². The molecule has 0 atom stereocenters. The molecule has 0 aliphatic rings. The number of rotatable bonds is 7. The number of pyridine rings is 1. The Labute approximate surface area is 105 Å². The Hall–Kier alpha value is -1.95. The first-order valence-electron chi connectivity index (χ1n) is 5.70. The van der Waals surface area contributed by atoms with Gasteiger partial charge in [-0.05, 0) is 25.5 Å². The van der Waals surface area contributed by atoms with E-state index >= 15 is 0 Å². The maximum absolute atomic E-state index is 11.6. The third-order valence-corrected chi connectivity index (χ3v) is 2.20. The van der Waals surface area contributed by atoms with Crippen LogP contribution in [0.3, 0.4) is 0 Å². The monoisotopic (exact) mass is 252 g/mol. The fraction of sp³-hybridized carbons (Fsp3) is 0.417. The third-order valence-electron chi connectivity index (χ3n) is 2.20. The number of hydrogen-bond acceptors (Lipinski definition) is 4. The number of carbonyl (C=O) groups excluding carboxylic acids is 1. The summed E-state index contributed by atoms with van der Waals surface area (Å²) in [7, 11) is 0.